The van der Waals surface area contributed by atoms with E-state index in [-0.39, 0.29) is 18.4 Å². The van der Waals surface area contributed by atoms with E-state index in [1.165, 1.54) is 0 Å². The van der Waals surface area contributed by atoms with Gasteiger partial charge in [-0.05, 0) is 49.6 Å². The Morgan fingerprint density at radius 2 is 1.97 bits per heavy atom. The summed E-state index contributed by atoms with van der Waals surface area (Å²) in [6.45, 7) is 1.96. The lowest BCUT2D eigenvalue weighted by Gasteiger charge is -2.39. The van der Waals surface area contributed by atoms with Gasteiger partial charge in [0.2, 0.25) is 5.91 Å². The summed E-state index contributed by atoms with van der Waals surface area (Å²) < 4.78 is 0. The van der Waals surface area contributed by atoms with Crippen LogP contribution in [0.1, 0.15) is 37.3 Å². The third-order valence-corrected chi connectivity index (χ3v) is 6.22. The summed E-state index contributed by atoms with van der Waals surface area (Å²) in [7, 11) is 0. The molecule has 3 aromatic rings. The average Bonchev–Trinajstić information content (AvgIpc) is 3.23. The second-order valence-electron chi connectivity index (χ2n) is 8.21. The molecule has 0 spiro atoms. The van der Waals surface area contributed by atoms with E-state index in [0.717, 1.165) is 35.5 Å². The number of hydrogen-bond donors (Lipinski definition) is 4. The highest BCUT2D eigenvalue weighted by molar-refractivity contribution is 6.30. The van der Waals surface area contributed by atoms with Gasteiger partial charge in [-0.3, -0.25) is 4.79 Å². The Morgan fingerprint density at radius 1 is 1.23 bits per heavy atom. The molecule has 31 heavy (non-hydrogen) atoms. The van der Waals surface area contributed by atoms with Gasteiger partial charge in [-0.2, -0.15) is 0 Å². The monoisotopic (exact) mass is 441 g/mol. The minimum atomic E-state index is -0.544. The molecule has 1 saturated heterocycles. The van der Waals surface area contributed by atoms with Crippen LogP contribution in [0.4, 0.5) is 5.82 Å². The Bertz CT molecular complexity index is 1030. The number of amides is 1. The molecular formula is C22H28ClN7O. The van der Waals surface area contributed by atoms with E-state index in [9.17, 15) is 4.79 Å². The van der Waals surface area contributed by atoms with Gasteiger partial charge in [0.05, 0.1) is 11.4 Å². The number of fused-ring (bicyclic) bond motifs is 1. The number of nitrogens with zero attached hydrogens (tertiary/aromatic N) is 3. The zero-order valence-electron chi connectivity index (χ0n) is 17.4. The molecule has 0 radical (unpaired) electrons. The van der Waals surface area contributed by atoms with Gasteiger partial charge in [-0.15, -0.1) is 0 Å². The van der Waals surface area contributed by atoms with E-state index < -0.39 is 5.54 Å². The number of benzene rings is 1. The molecule has 1 aliphatic heterocycles. The van der Waals surface area contributed by atoms with E-state index in [2.05, 4.69) is 25.2 Å². The summed E-state index contributed by atoms with van der Waals surface area (Å²) in [5.41, 5.74) is 13.7. The van der Waals surface area contributed by atoms with Gasteiger partial charge < -0.3 is 26.7 Å². The fraction of sp³-hybridized carbons (Fsp3) is 0.409. The van der Waals surface area contributed by atoms with Crippen molar-refractivity contribution in [3.05, 3.63) is 53.4 Å². The molecule has 8 nitrogen and oxygen atoms in total. The summed E-state index contributed by atoms with van der Waals surface area (Å²) >= 11 is 5.99. The number of aromatic amines is 1. The van der Waals surface area contributed by atoms with Crippen molar-refractivity contribution >= 4 is 34.4 Å². The number of piperidine rings is 1. The maximum Gasteiger partial charge on any atom is 0.222 e. The molecule has 3 heterocycles. The molecule has 1 fully saturated rings. The predicted molar refractivity (Wildman–Crippen MR) is 123 cm³/mol. The Hall–Kier alpha value is -2.68. The standard InChI is InChI=1S/C22H28ClN7O/c23-16-3-1-15(2-4-16)18(5-9-24)29-19(31)13-22(25)7-11-30(12-8-22)21-17-6-10-26-20(17)27-14-28-21/h1-4,6,10,14,18H,5,7-9,11-13,24-25H2,(H,29,31)(H,26,27,28). The number of nitrogens with two attached hydrogens (primary N) is 2. The molecule has 2 aromatic heterocycles. The first-order chi connectivity index (χ1) is 15.0. The van der Waals surface area contributed by atoms with Gasteiger partial charge in [0.1, 0.15) is 17.8 Å². The fourth-order valence-corrected chi connectivity index (χ4v) is 4.33. The molecule has 1 aliphatic rings. The van der Waals surface area contributed by atoms with Crippen LogP contribution in [0.25, 0.3) is 11.0 Å². The normalized spacial score (nSPS) is 16.9. The zero-order valence-corrected chi connectivity index (χ0v) is 18.1. The lowest BCUT2D eigenvalue weighted by atomic mass is 9.85. The van der Waals surface area contributed by atoms with Crippen molar-refractivity contribution in [2.45, 2.75) is 37.3 Å². The molecule has 6 N–H and O–H groups in total. The summed E-state index contributed by atoms with van der Waals surface area (Å²) in [6.07, 6.45) is 5.78. The number of rotatable bonds is 7. The summed E-state index contributed by atoms with van der Waals surface area (Å²) in [4.78, 5) is 26.9. The van der Waals surface area contributed by atoms with Crippen LogP contribution in [0.2, 0.25) is 5.02 Å². The molecule has 9 heteroatoms. The number of carbonyl (C=O) groups is 1. The van der Waals surface area contributed by atoms with E-state index in [1.54, 1.807) is 6.33 Å². The van der Waals surface area contributed by atoms with Crippen LogP contribution < -0.4 is 21.7 Å². The fourth-order valence-electron chi connectivity index (χ4n) is 4.20. The van der Waals surface area contributed by atoms with Crippen molar-refractivity contribution in [3.8, 4) is 0 Å². The van der Waals surface area contributed by atoms with Gasteiger partial charge in [0, 0.05) is 36.3 Å². The largest absolute Gasteiger partial charge is 0.356 e. The average molecular weight is 442 g/mol. The minimum absolute atomic E-state index is 0.0561. The predicted octanol–water partition coefficient (Wildman–Crippen LogP) is 2.51. The van der Waals surface area contributed by atoms with Crippen molar-refractivity contribution in [1.82, 2.24) is 20.3 Å². The molecule has 1 unspecified atom stereocenters. The van der Waals surface area contributed by atoms with E-state index >= 15 is 0 Å². The molecule has 0 aliphatic carbocycles. The summed E-state index contributed by atoms with van der Waals surface area (Å²) in [5, 5.41) is 4.77. The zero-order chi connectivity index (χ0) is 21.8. The maximum atomic E-state index is 12.8. The van der Waals surface area contributed by atoms with Crippen LogP contribution >= 0.6 is 11.6 Å². The molecule has 1 aromatic carbocycles. The lowest BCUT2D eigenvalue weighted by molar-refractivity contribution is -0.123. The minimum Gasteiger partial charge on any atom is -0.356 e. The Morgan fingerprint density at radius 3 is 2.68 bits per heavy atom. The van der Waals surface area contributed by atoms with Crippen LogP contribution in [0, 0.1) is 0 Å². The Balaban J connectivity index is 1.37. The smallest absolute Gasteiger partial charge is 0.222 e. The van der Waals surface area contributed by atoms with Crippen molar-refractivity contribution in [3.63, 3.8) is 0 Å². The molecule has 164 valence electrons. The number of aromatic nitrogens is 3. The van der Waals surface area contributed by atoms with Crippen molar-refractivity contribution < 1.29 is 4.79 Å². The molecule has 1 atom stereocenters. The van der Waals surface area contributed by atoms with Gasteiger partial charge in [0.25, 0.3) is 0 Å². The second kappa shape index (κ2) is 9.21. The third-order valence-electron chi connectivity index (χ3n) is 5.97. The third kappa shape index (κ3) is 4.98. The van der Waals surface area contributed by atoms with Crippen LogP contribution in [0.3, 0.4) is 0 Å². The highest BCUT2D eigenvalue weighted by Crippen LogP contribution is 2.30. The van der Waals surface area contributed by atoms with Crippen LogP contribution in [0.15, 0.2) is 42.9 Å². The van der Waals surface area contributed by atoms with Crippen molar-refractivity contribution in [2.24, 2.45) is 11.5 Å². The number of halogens is 1. The van der Waals surface area contributed by atoms with E-state index in [4.69, 9.17) is 23.1 Å². The van der Waals surface area contributed by atoms with Crippen LogP contribution in [-0.2, 0) is 4.79 Å². The number of carbonyl (C=O) groups excluding carboxylic acids is 1. The number of hydrogen-bond acceptors (Lipinski definition) is 6. The number of H-pyrrole nitrogens is 1. The molecule has 0 bridgehead atoms. The number of anilines is 1. The molecular weight excluding hydrogens is 414 g/mol. The first kappa shape index (κ1) is 21.5. The van der Waals surface area contributed by atoms with Crippen molar-refractivity contribution in [2.75, 3.05) is 24.5 Å². The van der Waals surface area contributed by atoms with Crippen LogP contribution in [-0.4, -0.2) is 46.0 Å². The summed E-state index contributed by atoms with van der Waals surface area (Å²) in [5.74, 6) is 0.850. The lowest BCUT2D eigenvalue weighted by Crippen LogP contribution is -2.53. The van der Waals surface area contributed by atoms with Crippen LogP contribution in [0.5, 0.6) is 0 Å². The van der Waals surface area contributed by atoms with Gasteiger partial charge >= 0.3 is 0 Å². The van der Waals surface area contributed by atoms with Crippen molar-refractivity contribution in [1.29, 1.82) is 0 Å². The number of nitrogens with one attached hydrogen (secondary N) is 2. The van der Waals surface area contributed by atoms with Gasteiger partial charge in [-0.25, -0.2) is 9.97 Å². The SMILES string of the molecule is NCCC(NC(=O)CC1(N)CCN(c2ncnc3[nH]ccc23)CC1)c1ccc(Cl)cc1. The first-order valence-electron chi connectivity index (χ1n) is 10.5. The van der Waals surface area contributed by atoms with E-state index in [0.29, 0.717) is 30.8 Å². The first-order valence-corrected chi connectivity index (χ1v) is 10.9. The molecule has 1 amide bonds. The highest BCUT2D eigenvalue weighted by Gasteiger charge is 2.34. The Kier molecular flexibility index (Phi) is 6.41. The summed E-state index contributed by atoms with van der Waals surface area (Å²) in [6, 6.07) is 9.31. The second-order valence-corrected chi connectivity index (χ2v) is 8.65. The molecule has 0 saturated carbocycles. The highest BCUT2D eigenvalue weighted by atomic mass is 35.5. The Labute approximate surface area is 186 Å². The topological polar surface area (TPSA) is 126 Å². The maximum absolute atomic E-state index is 12.8. The van der Waals surface area contributed by atoms with E-state index in [1.807, 2.05) is 36.5 Å². The molecule has 4 rings (SSSR count). The van der Waals surface area contributed by atoms with Gasteiger partial charge in [0.15, 0.2) is 0 Å². The van der Waals surface area contributed by atoms with Gasteiger partial charge in [-0.1, -0.05) is 23.7 Å². The quantitative estimate of drug-likeness (QED) is 0.446.